The molecule has 2 aromatic carbocycles. The van der Waals surface area contributed by atoms with Crippen molar-refractivity contribution in [2.45, 2.75) is 32.1 Å². The number of carbonyl (C=O) groups is 1. The van der Waals surface area contributed by atoms with Crippen LogP contribution < -0.4 is 15.8 Å². The SMILES string of the molecule is C[C@H](CCc1ccccc1)NC[C@H](O)Oc1ccccc1C(N)=O. The van der Waals surface area contributed by atoms with E-state index in [1.54, 1.807) is 24.3 Å². The summed E-state index contributed by atoms with van der Waals surface area (Å²) in [7, 11) is 0. The predicted octanol–water partition coefficient (Wildman–Crippen LogP) is 2.09. The van der Waals surface area contributed by atoms with Gasteiger partial charge in [0.1, 0.15) is 5.75 Å². The number of nitrogens with two attached hydrogens (primary N) is 1. The molecule has 1 amide bonds. The Bertz CT molecular complexity index is 646. The Balaban J connectivity index is 1.76. The van der Waals surface area contributed by atoms with Crippen LogP contribution in [0.15, 0.2) is 54.6 Å². The molecule has 2 rings (SSSR count). The highest BCUT2D eigenvalue weighted by Gasteiger charge is 2.13. The smallest absolute Gasteiger partial charge is 0.252 e. The minimum absolute atomic E-state index is 0.231. The van der Waals surface area contributed by atoms with Crippen LogP contribution in [0.3, 0.4) is 0 Å². The lowest BCUT2D eigenvalue weighted by Crippen LogP contribution is -2.37. The van der Waals surface area contributed by atoms with Gasteiger partial charge in [-0.3, -0.25) is 4.79 Å². The Morgan fingerprint density at radius 1 is 1.17 bits per heavy atom. The first kappa shape index (κ1) is 18.0. The molecule has 4 N–H and O–H groups in total. The van der Waals surface area contributed by atoms with Crippen molar-refractivity contribution in [3.63, 3.8) is 0 Å². The highest BCUT2D eigenvalue weighted by atomic mass is 16.6. The molecular weight excluding hydrogens is 304 g/mol. The number of primary amides is 1. The molecule has 0 saturated heterocycles. The number of amides is 1. The largest absolute Gasteiger partial charge is 0.463 e. The summed E-state index contributed by atoms with van der Waals surface area (Å²) in [4.78, 5) is 11.3. The van der Waals surface area contributed by atoms with Gasteiger partial charge in [0.25, 0.3) is 5.91 Å². The summed E-state index contributed by atoms with van der Waals surface area (Å²) in [6, 6.07) is 17.1. The van der Waals surface area contributed by atoms with Gasteiger partial charge in [-0.25, -0.2) is 0 Å². The van der Waals surface area contributed by atoms with Gasteiger partial charge >= 0.3 is 0 Å². The average Bonchev–Trinajstić information content (AvgIpc) is 2.59. The fourth-order valence-corrected chi connectivity index (χ4v) is 2.39. The summed E-state index contributed by atoms with van der Waals surface area (Å²) in [5.74, 6) is -0.293. The lowest BCUT2D eigenvalue weighted by atomic mass is 10.1. The van der Waals surface area contributed by atoms with Gasteiger partial charge in [0.2, 0.25) is 6.29 Å². The van der Waals surface area contributed by atoms with Crippen LogP contribution in [0.5, 0.6) is 5.75 Å². The quantitative estimate of drug-likeness (QED) is 0.615. The van der Waals surface area contributed by atoms with Crippen LogP contribution in [0.1, 0.15) is 29.3 Å². The van der Waals surface area contributed by atoms with Gasteiger partial charge in [-0.15, -0.1) is 0 Å². The first-order chi connectivity index (χ1) is 11.6. The van der Waals surface area contributed by atoms with E-state index in [-0.39, 0.29) is 23.9 Å². The Morgan fingerprint density at radius 2 is 1.83 bits per heavy atom. The van der Waals surface area contributed by atoms with Crippen molar-refractivity contribution in [2.75, 3.05) is 6.54 Å². The maximum absolute atomic E-state index is 11.3. The number of ether oxygens (including phenoxy) is 1. The third-order valence-electron chi connectivity index (χ3n) is 3.77. The first-order valence-corrected chi connectivity index (χ1v) is 8.07. The molecule has 0 aliphatic heterocycles. The number of hydrogen-bond donors (Lipinski definition) is 3. The van der Waals surface area contributed by atoms with Crippen molar-refractivity contribution < 1.29 is 14.6 Å². The Morgan fingerprint density at radius 3 is 2.54 bits per heavy atom. The zero-order valence-corrected chi connectivity index (χ0v) is 13.8. The standard InChI is InChI=1S/C19H24N2O3/c1-14(11-12-15-7-3-2-4-8-15)21-13-18(22)24-17-10-6-5-9-16(17)19(20)23/h2-10,14,18,21-22H,11-13H2,1H3,(H2,20,23)/t14-,18-/m1/s1. The molecule has 0 heterocycles. The van der Waals surface area contributed by atoms with Crippen LogP contribution in [0.4, 0.5) is 0 Å². The molecule has 5 nitrogen and oxygen atoms in total. The summed E-state index contributed by atoms with van der Waals surface area (Å²) >= 11 is 0. The molecular formula is C19H24N2O3. The minimum Gasteiger partial charge on any atom is -0.463 e. The van der Waals surface area contributed by atoms with E-state index in [4.69, 9.17) is 10.5 Å². The van der Waals surface area contributed by atoms with Gasteiger partial charge in [-0.1, -0.05) is 42.5 Å². The molecule has 128 valence electrons. The maximum Gasteiger partial charge on any atom is 0.252 e. The van der Waals surface area contributed by atoms with Gasteiger partial charge in [-0.2, -0.15) is 0 Å². The zero-order valence-electron chi connectivity index (χ0n) is 13.8. The van der Waals surface area contributed by atoms with E-state index in [9.17, 15) is 9.90 Å². The number of aliphatic hydroxyl groups excluding tert-OH is 1. The number of aryl methyl sites for hydroxylation is 1. The predicted molar refractivity (Wildman–Crippen MR) is 93.8 cm³/mol. The zero-order chi connectivity index (χ0) is 17.4. The highest BCUT2D eigenvalue weighted by molar-refractivity contribution is 5.95. The van der Waals surface area contributed by atoms with Crippen LogP contribution in [0.25, 0.3) is 0 Å². The fraction of sp³-hybridized carbons (Fsp3) is 0.316. The number of benzene rings is 2. The van der Waals surface area contributed by atoms with Crippen LogP contribution in [-0.4, -0.2) is 29.9 Å². The minimum atomic E-state index is -1.05. The molecule has 0 radical (unpaired) electrons. The number of aliphatic hydroxyl groups is 1. The van der Waals surface area contributed by atoms with Crippen LogP contribution in [-0.2, 0) is 6.42 Å². The molecule has 0 unspecified atom stereocenters. The van der Waals surface area contributed by atoms with Crippen molar-refractivity contribution in [3.05, 3.63) is 65.7 Å². The van der Waals surface area contributed by atoms with E-state index < -0.39 is 12.2 Å². The lowest BCUT2D eigenvalue weighted by molar-refractivity contribution is -0.0172. The summed E-state index contributed by atoms with van der Waals surface area (Å²) in [5.41, 5.74) is 6.84. The van der Waals surface area contributed by atoms with Crippen LogP contribution >= 0.6 is 0 Å². The maximum atomic E-state index is 11.3. The monoisotopic (exact) mass is 328 g/mol. The van der Waals surface area contributed by atoms with Gasteiger partial charge in [0.05, 0.1) is 12.1 Å². The van der Waals surface area contributed by atoms with Crippen molar-refractivity contribution in [2.24, 2.45) is 5.73 Å². The fourth-order valence-electron chi connectivity index (χ4n) is 2.39. The normalized spacial score (nSPS) is 13.2. The van der Waals surface area contributed by atoms with Crippen molar-refractivity contribution in [1.82, 2.24) is 5.32 Å². The third kappa shape index (κ3) is 5.68. The number of carbonyl (C=O) groups excluding carboxylic acids is 1. The molecule has 0 bridgehead atoms. The van der Waals surface area contributed by atoms with E-state index in [2.05, 4.69) is 24.4 Å². The number of nitrogens with one attached hydrogen (secondary N) is 1. The van der Waals surface area contributed by atoms with Crippen LogP contribution in [0, 0.1) is 0 Å². The van der Waals surface area contributed by atoms with E-state index in [0.717, 1.165) is 12.8 Å². The molecule has 24 heavy (non-hydrogen) atoms. The lowest BCUT2D eigenvalue weighted by Gasteiger charge is -2.19. The summed E-state index contributed by atoms with van der Waals surface area (Å²) in [6.07, 6.45) is 0.870. The second-order valence-corrected chi connectivity index (χ2v) is 5.77. The Kier molecular flexibility index (Phi) is 6.78. The second-order valence-electron chi connectivity index (χ2n) is 5.77. The molecule has 0 fully saturated rings. The topological polar surface area (TPSA) is 84.6 Å². The first-order valence-electron chi connectivity index (χ1n) is 8.07. The van der Waals surface area contributed by atoms with Crippen LogP contribution in [0.2, 0.25) is 0 Å². The van der Waals surface area contributed by atoms with E-state index in [1.807, 2.05) is 18.2 Å². The van der Waals surface area contributed by atoms with E-state index in [1.165, 1.54) is 5.56 Å². The molecule has 0 aromatic heterocycles. The molecule has 2 atom stereocenters. The molecule has 2 aromatic rings. The van der Waals surface area contributed by atoms with Gasteiger partial charge in [0.15, 0.2) is 0 Å². The molecule has 0 spiro atoms. The third-order valence-corrected chi connectivity index (χ3v) is 3.77. The number of para-hydroxylation sites is 1. The number of hydrogen-bond acceptors (Lipinski definition) is 4. The second kappa shape index (κ2) is 9.05. The molecule has 5 heteroatoms. The Labute approximate surface area is 142 Å². The van der Waals surface area contributed by atoms with E-state index in [0.29, 0.717) is 0 Å². The molecule has 0 aliphatic carbocycles. The summed E-state index contributed by atoms with van der Waals surface area (Å²) in [5, 5.41) is 13.2. The van der Waals surface area contributed by atoms with E-state index >= 15 is 0 Å². The number of rotatable bonds is 9. The molecule has 0 saturated carbocycles. The molecule has 0 aliphatic rings. The summed E-state index contributed by atoms with van der Waals surface area (Å²) < 4.78 is 5.41. The van der Waals surface area contributed by atoms with Gasteiger partial charge in [-0.05, 0) is 37.5 Å². The highest BCUT2D eigenvalue weighted by Crippen LogP contribution is 2.18. The van der Waals surface area contributed by atoms with Crippen molar-refractivity contribution in [3.8, 4) is 5.75 Å². The van der Waals surface area contributed by atoms with Crippen molar-refractivity contribution >= 4 is 5.91 Å². The van der Waals surface area contributed by atoms with Crippen molar-refractivity contribution in [1.29, 1.82) is 0 Å². The average molecular weight is 328 g/mol. The van der Waals surface area contributed by atoms with Gasteiger partial charge in [0, 0.05) is 6.04 Å². The Hall–Kier alpha value is -2.37. The summed E-state index contributed by atoms with van der Waals surface area (Å²) in [6.45, 7) is 2.33. The van der Waals surface area contributed by atoms with Gasteiger partial charge < -0.3 is 20.9 Å².